The van der Waals surface area contributed by atoms with E-state index in [4.69, 9.17) is 5.11 Å². The maximum atomic E-state index is 12.1. The first-order valence-corrected chi connectivity index (χ1v) is 6.98. The highest BCUT2D eigenvalue weighted by Gasteiger charge is 2.21. The van der Waals surface area contributed by atoms with Gasteiger partial charge < -0.3 is 20.2 Å². The Morgan fingerprint density at radius 3 is 2.63 bits per heavy atom. The van der Waals surface area contributed by atoms with Crippen molar-refractivity contribution in [1.29, 1.82) is 0 Å². The van der Waals surface area contributed by atoms with Crippen molar-refractivity contribution < 1.29 is 14.7 Å². The molecule has 1 heterocycles. The van der Waals surface area contributed by atoms with E-state index in [0.29, 0.717) is 13.0 Å². The number of carboxylic acid groups (broad SMARTS) is 1. The van der Waals surface area contributed by atoms with Gasteiger partial charge in [0, 0.05) is 25.7 Å². The third-order valence-electron chi connectivity index (χ3n) is 3.39. The van der Waals surface area contributed by atoms with E-state index in [1.54, 1.807) is 4.90 Å². The van der Waals surface area contributed by atoms with Gasteiger partial charge in [-0.3, -0.25) is 4.79 Å². The summed E-state index contributed by atoms with van der Waals surface area (Å²) in [7, 11) is 2.05. The number of rotatable bonds is 5. The van der Waals surface area contributed by atoms with Crippen LogP contribution < -0.4 is 5.32 Å². The van der Waals surface area contributed by atoms with E-state index in [-0.39, 0.29) is 18.5 Å². The highest BCUT2D eigenvalue weighted by atomic mass is 16.4. The van der Waals surface area contributed by atoms with Crippen LogP contribution in [0.4, 0.5) is 4.79 Å². The predicted molar refractivity (Wildman–Crippen MR) is 73.2 cm³/mol. The van der Waals surface area contributed by atoms with Gasteiger partial charge in [-0.05, 0) is 26.4 Å². The van der Waals surface area contributed by atoms with E-state index in [1.807, 2.05) is 14.0 Å². The van der Waals surface area contributed by atoms with Gasteiger partial charge in [-0.25, -0.2) is 4.79 Å². The number of amides is 2. The van der Waals surface area contributed by atoms with Gasteiger partial charge in [0.1, 0.15) is 0 Å². The number of urea groups is 1. The van der Waals surface area contributed by atoms with Crippen LogP contribution in [0.5, 0.6) is 0 Å². The van der Waals surface area contributed by atoms with Crippen molar-refractivity contribution in [2.24, 2.45) is 0 Å². The Bertz CT molecular complexity index is 310. The molecule has 0 spiro atoms. The molecule has 2 amide bonds. The van der Waals surface area contributed by atoms with E-state index in [9.17, 15) is 9.59 Å². The fourth-order valence-electron chi connectivity index (χ4n) is 2.30. The molecule has 1 fully saturated rings. The molecule has 1 rings (SSSR count). The van der Waals surface area contributed by atoms with Gasteiger partial charge in [0.15, 0.2) is 0 Å². The fourth-order valence-corrected chi connectivity index (χ4v) is 2.30. The minimum atomic E-state index is -0.866. The molecule has 1 atom stereocenters. The van der Waals surface area contributed by atoms with Gasteiger partial charge in [-0.15, -0.1) is 0 Å². The summed E-state index contributed by atoms with van der Waals surface area (Å²) in [5.41, 5.74) is 0. The lowest BCUT2D eigenvalue weighted by Crippen LogP contribution is -2.46. The topological polar surface area (TPSA) is 72.9 Å². The minimum Gasteiger partial charge on any atom is -0.481 e. The fraction of sp³-hybridized carbons (Fsp3) is 0.846. The maximum Gasteiger partial charge on any atom is 0.317 e. The van der Waals surface area contributed by atoms with Crippen molar-refractivity contribution >= 4 is 12.0 Å². The van der Waals surface area contributed by atoms with Crippen LogP contribution in [0.25, 0.3) is 0 Å². The molecule has 110 valence electrons. The van der Waals surface area contributed by atoms with Crippen molar-refractivity contribution in [3.8, 4) is 0 Å². The Kier molecular flexibility index (Phi) is 6.62. The summed E-state index contributed by atoms with van der Waals surface area (Å²) < 4.78 is 0. The van der Waals surface area contributed by atoms with Crippen LogP contribution in [0.1, 0.15) is 32.6 Å². The number of nitrogens with zero attached hydrogens (tertiary/aromatic N) is 2. The Morgan fingerprint density at radius 1 is 1.26 bits per heavy atom. The van der Waals surface area contributed by atoms with Gasteiger partial charge >= 0.3 is 12.0 Å². The average Bonchev–Trinajstić information content (AvgIpc) is 2.53. The number of likely N-dealkylation sites (N-methyl/N-ethyl adjacent to an activating group) is 1. The van der Waals surface area contributed by atoms with Crippen LogP contribution in [-0.4, -0.2) is 66.2 Å². The molecule has 6 nitrogen and oxygen atoms in total. The summed E-state index contributed by atoms with van der Waals surface area (Å²) in [4.78, 5) is 26.9. The third kappa shape index (κ3) is 5.92. The molecule has 1 aliphatic heterocycles. The van der Waals surface area contributed by atoms with Gasteiger partial charge in [0.05, 0.1) is 6.42 Å². The van der Waals surface area contributed by atoms with Crippen LogP contribution in [-0.2, 0) is 4.79 Å². The number of carboxylic acids is 1. The van der Waals surface area contributed by atoms with Crippen molar-refractivity contribution in [1.82, 2.24) is 15.1 Å². The van der Waals surface area contributed by atoms with Crippen LogP contribution in [0.3, 0.4) is 0 Å². The lowest BCUT2D eigenvalue weighted by molar-refractivity contribution is -0.137. The number of hydrogen-bond donors (Lipinski definition) is 2. The molecule has 2 N–H and O–H groups in total. The Hall–Kier alpha value is -1.30. The summed E-state index contributed by atoms with van der Waals surface area (Å²) in [6, 6.07) is -0.397. The lowest BCUT2D eigenvalue weighted by atomic mass is 10.1. The van der Waals surface area contributed by atoms with E-state index in [0.717, 1.165) is 32.5 Å². The Labute approximate surface area is 114 Å². The van der Waals surface area contributed by atoms with Crippen LogP contribution in [0.15, 0.2) is 0 Å². The molecule has 6 heteroatoms. The number of hydrogen-bond acceptors (Lipinski definition) is 3. The maximum absolute atomic E-state index is 12.1. The number of aliphatic carboxylic acids is 1. The molecular formula is C13H25N3O3. The normalized spacial score (nSPS) is 18.7. The van der Waals surface area contributed by atoms with Crippen LogP contribution >= 0.6 is 0 Å². The SMILES string of the molecule is CCCC(CC(=O)O)NC(=O)N1CCCN(C)CC1. The van der Waals surface area contributed by atoms with Crippen molar-refractivity contribution in [3.05, 3.63) is 0 Å². The monoisotopic (exact) mass is 271 g/mol. The Balaban J connectivity index is 2.48. The molecule has 0 aromatic carbocycles. The molecule has 0 radical (unpaired) electrons. The van der Waals surface area contributed by atoms with Crippen molar-refractivity contribution in [2.75, 3.05) is 33.2 Å². The molecule has 1 unspecified atom stereocenters. The zero-order chi connectivity index (χ0) is 14.3. The first kappa shape index (κ1) is 15.8. The number of carbonyl (C=O) groups excluding carboxylic acids is 1. The van der Waals surface area contributed by atoms with E-state index in [2.05, 4.69) is 10.2 Å². The molecule has 0 bridgehead atoms. The van der Waals surface area contributed by atoms with E-state index >= 15 is 0 Å². The molecule has 19 heavy (non-hydrogen) atoms. The molecule has 0 aromatic heterocycles. The van der Waals surface area contributed by atoms with Gasteiger partial charge in [-0.1, -0.05) is 13.3 Å². The largest absolute Gasteiger partial charge is 0.481 e. The first-order valence-electron chi connectivity index (χ1n) is 6.98. The summed E-state index contributed by atoms with van der Waals surface area (Å²) in [6.07, 6.45) is 2.52. The summed E-state index contributed by atoms with van der Waals surface area (Å²) in [5, 5.41) is 11.7. The van der Waals surface area contributed by atoms with Crippen LogP contribution in [0.2, 0.25) is 0 Å². The standard InChI is InChI=1S/C13H25N3O3/c1-3-5-11(10-12(17)18)14-13(19)16-7-4-6-15(2)8-9-16/h11H,3-10H2,1-2H3,(H,14,19)(H,17,18). The first-order chi connectivity index (χ1) is 9.02. The second kappa shape index (κ2) is 7.99. The third-order valence-corrected chi connectivity index (χ3v) is 3.39. The lowest BCUT2D eigenvalue weighted by Gasteiger charge is -2.24. The molecule has 1 aliphatic rings. The molecule has 1 saturated heterocycles. The Morgan fingerprint density at radius 2 is 2.00 bits per heavy atom. The van der Waals surface area contributed by atoms with Crippen LogP contribution in [0, 0.1) is 0 Å². The second-order valence-electron chi connectivity index (χ2n) is 5.18. The zero-order valence-corrected chi connectivity index (χ0v) is 11.9. The van der Waals surface area contributed by atoms with E-state index in [1.165, 1.54) is 0 Å². The number of nitrogens with one attached hydrogen (secondary N) is 1. The predicted octanol–water partition coefficient (Wildman–Crippen LogP) is 0.977. The smallest absolute Gasteiger partial charge is 0.317 e. The van der Waals surface area contributed by atoms with E-state index < -0.39 is 5.97 Å². The highest BCUT2D eigenvalue weighted by molar-refractivity contribution is 5.76. The second-order valence-corrected chi connectivity index (χ2v) is 5.18. The number of carbonyl (C=O) groups is 2. The minimum absolute atomic E-state index is 0.00662. The summed E-state index contributed by atoms with van der Waals surface area (Å²) in [5.74, 6) is -0.866. The molecular weight excluding hydrogens is 246 g/mol. The quantitative estimate of drug-likeness (QED) is 0.781. The highest BCUT2D eigenvalue weighted by Crippen LogP contribution is 2.06. The van der Waals surface area contributed by atoms with Gasteiger partial charge in [0.2, 0.25) is 0 Å². The molecule has 0 saturated carbocycles. The zero-order valence-electron chi connectivity index (χ0n) is 11.9. The van der Waals surface area contributed by atoms with Crippen molar-refractivity contribution in [2.45, 2.75) is 38.6 Å². The van der Waals surface area contributed by atoms with Gasteiger partial charge in [0.25, 0.3) is 0 Å². The summed E-state index contributed by atoms with van der Waals surface area (Å²) in [6.45, 7) is 5.29. The summed E-state index contributed by atoms with van der Waals surface area (Å²) >= 11 is 0. The molecule has 0 aromatic rings. The van der Waals surface area contributed by atoms with Gasteiger partial charge in [-0.2, -0.15) is 0 Å². The molecule has 0 aliphatic carbocycles. The van der Waals surface area contributed by atoms with Crippen molar-refractivity contribution in [3.63, 3.8) is 0 Å². The average molecular weight is 271 g/mol.